The van der Waals surface area contributed by atoms with Crippen LogP contribution in [-0.4, -0.2) is 49.8 Å². The van der Waals surface area contributed by atoms with Gasteiger partial charge >= 0.3 is 0 Å². The predicted octanol–water partition coefficient (Wildman–Crippen LogP) is 2.90. The van der Waals surface area contributed by atoms with Crippen LogP contribution in [0.25, 0.3) is 11.7 Å². The molecule has 2 aromatic heterocycles. The molecule has 1 N–H and O–H groups in total. The quantitative estimate of drug-likeness (QED) is 0.577. The fourth-order valence-electron chi connectivity index (χ4n) is 3.44. The highest BCUT2D eigenvalue weighted by molar-refractivity contribution is 8.26. The van der Waals surface area contributed by atoms with Crippen molar-refractivity contribution in [2.45, 2.75) is 38.8 Å². The van der Waals surface area contributed by atoms with E-state index in [0.29, 0.717) is 32.8 Å². The molecule has 29 heavy (non-hydrogen) atoms. The Bertz CT molecular complexity index is 1060. The largest absolute Gasteiger partial charge is 0.376 e. The minimum atomic E-state index is -0.236. The highest BCUT2D eigenvalue weighted by Gasteiger charge is 2.34. The second kappa shape index (κ2) is 8.25. The van der Waals surface area contributed by atoms with Gasteiger partial charge in [-0.25, -0.2) is 4.98 Å². The summed E-state index contributed by atoms with van der Waals surface area (Å²) in [4.78, 5) is 32.6. The van der Waals surface area contributed by atoms with Crippen LogP contribution in [0, 0.1) is 0 Å². The summed E-state index contributed by atoms with van der Waals surface area (Å²) in [5, 5.41) is 3.26. The summed E-state index contributed by atoms with van der Waals surface area (Å²) in [5.74, 6) is 0.268. The Morgan fingerprint density at radius 1 is 1.41 bits per heavy atom. The van der Waals surface area contributed by atoms with Gasteiger partial charge in [0.25, 0.3) is 11.5 Å². The fraction of sp³-hybridized carbons (Fsp3) is 0.400. The Hall–Kier alpha value is -2.23. The number of pyridine rings is 1. The van der Waals surface area contributed by atoms with E-state index in [0.717, 1.165) is 19.4 Å². The van der Waals surface area contributed by atoms with Crippen molar-refractivity contribution in [3.63, 3.8) is 0 Å². The zero-order chi connectivity index (χ0) is 20.5. The Morgan fingerprint density at radius 3 is 2.93 bits per heavy atom. The van der Waals surface area contributed by atoms with Crippen LogP contribution in [0.5, 0.6) is 0 Å². The highest BCUT2D eigenvalue weighted by Crippen LogP contribution is 2.34. The smallest absolute Gasteiger partial charge is 0.267 e. The molecule has 2 aliphatic heterocycles. The Morgan fingerprint density at radius 2 is 2.24 bits per heavy atom. The summed E-state index contributed by atoms with van der Waals surface area (Å²) in [6.07, 6.45) is 5.38. The third-order valence-corrected chi connectivity index (χ3v) is 6.24. The first-order valence-electron chi connectivity index (χ1n) is 9.59. The summed E-state index contributed by atoms with van der Waals surface area (Å²) >= 11 is 6.56. The molecule has 2 saturated heterocycles. The molecular formula is C20H22N4O3S2. The number of nitrogens with one attached hydrogen (secondary N) is 1. The number of hydrogen-bond donors (Lipinski definition) is 1. The first kappa shape index (κ1) is 20.1. The Kier molecular flexibility index (Phi) is 5.71. The monoisotopic (exact) mass is 430 g/mol. The number of carbonyl (C=O) groups excluding carboxylic acids is 1. The van der Waals surface area contributed by atoms with E-state index in [1.807, 2.05) is 19.9 Å². The van der Waals surface area contributed by atoms with Gasteiger partial charge in [0.05, 0.1) is 16.6 Å². The minimum absolute atomic E-state index is 0.0404. The summed E-state index contributed by atoms with van der Waals surface area (Å²) in [7, 11) is 0. The molecule has 4 heterocycles. The summed E-state index contributed by atoms with van der Waals surface area (Å²) in [6.45, 7) is 5.14. The normalized spacial score (nSPS) is 21.1. The summed E-state index contributed by atoms with van der Waals surface area (Å²) < 4.78 is 7.64. The van der Waals surface area contributed by atoms with Gasteiger partial charge in [0, 0.05) is 25.4 Å². The number of thiocarbonyl (C=S) groups is 1. The molecule has 152 valence electrons. The van der Waals surface area contributed by atoms with E-state index in [1.54, 1.807) is 29.3 Å². The first-order chi connectivity index (χ1) is 14.0. The number of fused-ring (bicyclic) bond motifs is 1. The zero-order valence-corrected chi connectivity index (χ0v) is 17.9. The van der Waals surface area contributed by atoms with Crippen molar-refractivity contribution in [1.82, 2.24) is 14.3 Å². The lowest BCUT2D eigenvalue weighted by molar-refractivity contribution is -0.123. The molecule has 0 saturated carbocycles. The van der Waals surface area contributed by atoms with Gasteiger partial charge < -0.3 is 10.1 Å². The minimum Gasteiger partial charge on any atom is -0.376 e. The average Bonchev–Trinajstić information content (AvgIpc) is 3.30. The second-order valence-electron chi connectivity index (χ2n) is 7.27. The van der Waals surface area contributed by atoms with E-state index in [-0.39, 0.29) is 23.6 Å². The summed E-state index contributed by atoms with van der Waals surface area (Å²) in [6, 6.07) is 5.35. The number of ether oxygens (including phenoxy) is 1. The SMILES string of the molecule is CC(C)N1C(=O)/C(=C\c2c(NC[C@H]3CCCO3)nc3ccccn3c2=O)SC1=S. The average molecular weight is 431 g/mol. The van der Waals surface area contributed by atoms with Gasteiger partial charge in [0.2, 0.25) is 0 Å². The van der Waals surface area contributed by atoms with E-state index in [1.165, 1.54) is 16.2 Å². The van der Waals surface area contributed by atoms with E-state index >= 15 is 0 Å². The van der Waals surface area contributed by atoms with Gasteiger partial charge in [0.1, 0.15) is 15.8 Å². The molecule has 1 atom stereocenters. The molecule has 0 spiro atoms. The standard InChI is InChI=1S/C20H22N4O3S2/c1-12(2)24-19(26)15(29-20(24)28)10-14-17(21-11-13-6-5-9-27-13)22-16-7-3-4-8-23(16)18(14)25/h3-4,7-8,10,12-13,21H,5-6,9,11H2,1-2H3/b15-10+/t13-/m1/s1. The predicted molar refractivity (Wildman–Crippen MR) is 119 cm³/mol. The Labute approximate surface area is 178 Å². The van der Waals surface area contributed by atoms with Crippen molar-refractivity contribution in [2.75, 3.05) is 18.5 Å². The molecule has 1 amide bonds. The third kappa shape index (κ3) is 3.94. The molecule has 2 fully saturated rings. The van der Waals surface area contributed by atoms with Crippen molar-refractivity contribution in [3.8, 4) is 0 Å². The van der Waals surface area contributed by atoms with Crippen LogP contribution in [0.2, 0.25) is 0 Å². The van der Waals surface area contributed by atoms with Crippen molar-refractivity contribution >= 4 is 51.7 Å². The van der Waals surface area contributed by atoms with Crippen LogP contribution in [0.1, 0.15) is 32.3 Å². The van der Waals surface area contributed by atoms with Crippen molar-refractivity contribution < 1.29 is 9.53 Å². The maximum atomic E-state index is 13.2. The molecular weight excluding hydrogens is 408 g/mol. The van der Waals surface area contributed by atoms with E-state index < -0.39 is 0 Å². The molecule has 0 aliphatic carbocycles. The number of anilines is 1. The van der Waals surface area contributed by atoms with Gasteiger partial charge in [-0.3, -0.25) is 18.9 Å². The molecule has 7 nitrogen and oxygen atoms in total. The maximum absolute atomic E-state index is 13.2. The fourth-order valence-corrected chi connectivity index (χ4v) is 4.95. The van der Waals surface area contributed by atoms with Crippen LogP contribution in [0.15, 0.2) is 34.1 Å². The van der Waals surface area contributed by atoms with Crippen molar-refractivity contribution in [2.24, 2.45) is 0 Å². The number of thioether (sulfide) groups is 1. The molecule has 0 bridgehead atoms. The number of hydrogen-bond acceptors (Lipinski definition) is 7. The number of nitrogens with zero attached hydrogens (tertiary/aromatic N) is 3. The lowest BCUT2D eigenvalue weighted by Crippen LogP contribution is -2.34. The lowest BCUT2D eigenvalue weighted by Gasteiger charge is -2.18. The van der Waals surface area contributed by atoms with Crippen LogP contribution >= 0.6 is 24.0 Å². The van der Waals surface area contributed by atoms with Gasteiger partial charge in [-0.2, -0.15) is 0 Å². The van der Waals surface area contributed by atoms with E-state index in [9.17, 15) is 9.59 Å². The Balaban J connectivity index is 1.76. The zero-order valence-electron chi connectivity index (χ0n) is 16.3. The topological polar surface area (TPSA) is 75.9 Å². The van der Waals surface area contributed by atoms with Gasteiger partial charge in [-0.1, -0.05) is 30.0 Å². The molecule has 0 aromatic carbocycles. The van der Waals surface area contributed by atoms with Crippen LogP contribution < -0.4 is 10.9 Å². The van der Waals surface area contributed by atoms with Crippen LogP contribution in [0.3, 0.4) is 0 Å². The van der Waals surface area contributed by atoms with E-state index in [4.69, 9.17) is 17.0 Å². The van der Waals surface area contributed by atoms with Gasteiger partial charge in [-0.15, -0.1) is 0 Å². The van der Waals surface area contributed by atoms with Crippen molar-refractivity contribution in [1.29, 1.82) is 0 Å². The highest BCUT2D eigenvalue weighted by atomic mass is 32.2. The lowest BCUT2D eigenvalue weighted by atomic mass is 10.2. The van der Waals surface area contributed by atoms with E-state index in [2.05, 4.69) is 10.3 Å². The molecule has 2 aliphatic rings. The molecule has 0 unspecified atom stereocenters. The molecule has 0 radical (unpaired) electrons. The molecule has 4 rings (SSSR count). The second-order valence-corrected chi connectivity index (χ2v) is 8.95. The van der Waals surface area contributed by atoms with Crippen LogP contribution in [0.4, 0.5) is 5.82 Å². The number of rotatable bonds is 5. The first-order valence-corrected chi connectivity index (χ1v) is 10.8. The molecule has 9 heteroatoms. The van der Waals surface area contributed by atoms with Crippen LogP contribution in [-0.2, 0) is 9.53 Å². The van der Waals surface area contributed by atoms with Gasteiger partial charge in [0.15, 0.2) is 0 Å². The maximum Gasteiger partial charge on any atom is 0.267 e. The summed E-state index contributed by atoms with van der Waals surface area (Å²) in [5.41, 5.74) is 0.649. The van der Waals surface area contributed by atoms with Gasteiger partial charge in [-0.05, 0) is 44.9 Å². The number of amides is 1. The van der Waals surface area contributed by atoms with Crippen molar-refractivity contribution in [3.05, 3.63) is 45.2 Å². The third-order valence-electron chi connectivity index (χ3n) is 4.91. The molecule has 2 aromatic rings. The number of carbonyl (C=O) groups is 1. The number of aromatic nitrogens is 2.